The molecule has 1 amide bonds. The summed E-state index contributed by atoms with van der Waals surface area (Å²) in [6.45, 7) is 1.24. The molecule has 0 aliphatic carbocycles. The Morgan fingerprint density at radius 3 is 3.08 bits per heavy atom. The van der Waals surface area contributed by atoms with Crippen molar-refractivity contribution in [3.05, 3.63) is 35.2 Å². The summed E-state index contributed by atoms with van der Waals surface area (Å²) in [7, 11) is 3.28. The third-order valence-corrected chi connectivity index (χ3v) is 5.31. The summed E-state index contributed by atoms with van der Waals surface area (Å²) >= 11 is 1.56. The van der Waals surface area contributed by atoms with Crippen LogP contribution in [0.3, 0.4) is 0 Å². The standard InChI is InChI=1S/C17H19N5O3S/c1-21-10-12(15(20-21)24-2)17(23)22-7-3-5-11(9-22)14-18-19-16(25-14)13-6-4-8-26-13/h4,6,8,10-11H,3,5,7,9H2,1-2H3/t11-/m1/s1. The lowest BCUT2D eigenvalue weighted by atomic mass is 9.97. The molecule has 4 heterocycles. The lowest BCUT2D eigenvalue weighted by Gasteiger charge is -2.30. The summed E-state index contributed by atoms with van der Waals surface area (Å²) in [5, 5.41) is 14.5. The number of amides is 1. The maximum absolute atomic E-state index is 12.9. The predicted molar refractivity (Wildman–Crippen MR) is 95.2 cm³/mol. The Labute approximate surface area is 154 Å². The molecule has 3 aromatic rings. The van der Waals surface area contributed by atoms with Crippen LogP contribution in [0.1, 0.15) is 35.0 Å². The van der Waals surface area contributed by atoms with E-state index >= 15 is 0 Å². The molecule has 26 heavy (non-hydrogen) atoms. The fourth-order valence-corrected chi connectivity index (χ4v) is 3.84. The molecule has 0 N–H and O–H groups in total. The number of ether oxygens (including phenoxy) is 1. The van der Waals surface area contributed by atoms with Crippen LogP contribution in [0.5, 0.6) is 5.88 Å². The normalized spacial score (nSPS) is 17.5. The topological polar surface area (TPSA) is 86.3 Å². The van der Waals surface area contributed by atoms with Gasteiger partial charge in [0.2, 0.25) is 11.8 Å². The highest BCUT2D eigenvalue weighted by Gasteiger charge is 2.31. The van der Waals surface area contributed by atoms with Gasteiger partial charge in [0.25, 0.3) is 11.8 Å². The van der Waals surface area contributed by atoms with Crippen molar-refractivity contribution < 1.29 is 13.9 Å². The van der Waals surface area contributed by atoms with Gasteiger partial charge >= 0.3 is 0 Å². The Hall–Kier alpha value is -2.68. The first-order chi connectivity index (χ1) is 12.7. The van der Waals surface area contributed by atoms with Crippen LogP contribution in [0.4, 0.5) is 0 Å². The van der Waals surface area contributed by atoms with Gasteiger partial charge in [-0.2, -0.15) is 0 Å². The van der Waals surface area contributed by atoms with Crippen molar-refractivity contribution in [1.29, 1.82) is 0 Å². The number of carbonyl (C=O) groups excluding carboxylic acids is 1. The maximum atomic E-state index is 12.9. The zero-order valence-electron chi connectivity index (χ0n) is 14.6. The minimum absolute atomic E-state index is 0.0385. The molecule has 0 bridgehead atoms. The number of likely N-dealkylation sites (tertiary alicyclic amines) is 1. The molecular weight excluding hydrogens is 354 g/mol. The first-order valence-corrected chi connectivity index (χ1v) is 9.28. The minimum atomic E-state index is -0.0855. The molecule has 1 fully saturated rings. The largest absolute Gasteiger partial charge is 0.479 e. The number of aryl methyl sites for hydroxylation is 1. The monoisotopic (exact) mass is 373 g/mol. The van der Waals surface area contributed by atoms with Crippen molar-refractivity contribution in [2.45, 2.75) is 18.8 Å². The molecule has 1 aliphatic heterocycles. The minimum Gasteiger partial charge on any atom is -0.479 e. The van der Waals surface area contributed by atoms with E-state index in [4.69, 9.17) is 9.15 Å². The van der Waals surface area contributed by atoms with Gasteiger partial charge in [-0.25, -0.2) is 0 Å². The van der Waals surface area contributed by atoms with Crippen molar-refractivity contribution in [3.8, 4) is 16.6 Å². The Kier molecular flexibility index (Phi) is 4.46. The smallest absolute Gasteiger partial charge is 0.260 e. The average Bonchev–Trinajstić information content (AvgIpc) is 3.40. The maximum Gasteiger partial charge on any atom is 0.260 e. The number of methoxy groups -OCH3 is 1. The number of aromatic nitrogens is 4. The van der Waals surface area contributed by atoms with Gasteiger partial charge in [-0.15, -0.1) is 26.6 Å². The zero-order chi connectivity index (χ0) is 18.1. The van der Waals surface area contributed by atoms with E-state index in [-0.39, 0.29) is 11.8 Å². The Bertz CT molecular complexity index is 902. The van der Waals surface area contributed by atoms with E-state index in [2.05, 4.69) is 15.3 Å². The van der Waals surface area contributed by atoms with Crippen LogP contribution in [-0.2, 0) is 7.05 Å². The van der Waals surface area contributed by atoms with Crippen molar-refractivity contribution in [2.24, 2.45) is 7.05 Å². The molecule has 4 rings (SSSR count). The fraction of sp³-hybridized carbons (Fsp3) is 0.412. The van der Waals surface area contributed by atoms with Crippen molar-refractivity contribution >= 4 is 17.2 Å². The van der Waals surface area contributed by atoms with Crippen LogP contribution in [0, 0.1) is 0 Å². The van der Waals surface area contributed by atoms with E-state index in [0.717, 1.165) is 17.7 Å². The number of nitrogens with zero attached hydrogens (tertiary/aromatic N) is 5. The number of carbonyl (C=O) groups is 1. The van der Waals surface area contributed by atoms with E-state index in [1.165, 1.54) is 7.11 Å². The summed E-state index contributed by atoms with van der Waals surface area (Å²) < 4.78 is 12.7. The third-order valence-electron chi connectivity index (χ3n) is 4.45. The highest BCUT2D eigenvalue weighted by Crippen LogP contribution is 2.31. The number of rotatable bonds is 4. The van der Waals surface area contributed by atoms with Gasteiger partial charge in [0.1, 0.15) is 5.56 Å². The molecule has 0 spiro atoms. The van der Waals surface area contributed by atoms with E-state index in [9.17, 15) is 4.79 Å². The van der Waals surface area contributed by atoms with Crippen LogP contribution in [0.25, 0.3) is 10.8 Å². The quantitative estimate of drug-likeness (QED) is 0.699. The van der Waals surface area contributed by atoms with Gasteiger partial charge in [-0.05, 0) is 24.3 Å². The highest BCUT2D eigenvalue weighted by atomic mass is 32.1. The van der Waals surface area contributed by atoms with Crippen LogP contribution in [0.15, 0.2) is 28.1 Å². The predicted octanol–water partition coefficient (Wildman–Crippen LogP) is 2.56. The molecule has 136 valence electrons. The van der Waals surface area contributed by atoms with E-state index in [1.807, 2.05) is 22.4 Å². The fourth-order valence-electron chi connectivity index (χ4n) is 3.20. The number of hydrogen-bond acceptors (Lipinski definition) is 7. The third kappa shape index (κ3) is 3.10. The first kappa shape index (κ1) is 16.8. The average molecular weight is 373 g/mol. The van der Waals surface area contributed by atoms with Crippen molar-refractivity contribution in [1.82, 2.24) is 24.9 Å². The summed E-state index contributed by atoms with van der Waals surface area (Å²) in [5.74, 6) is 1.42. The summed E-state index contributed by atoms with van der Waals surface area (Å²) in [6, 6.07) is 3.90. The first-order valence-electron chi connectivity index (χ1n) is 8.40. The lowest BCUT2D eigenvalue weighted by Crippen LogP contribution is -2.39. The van der Waals surface area contributed by atoms with Crippen LogP contribution in [0.2, 0.25) is 0 Å². The summed E-state index contributed by atoms with van der Waals surface area (Å²) in [5.41, 5.74) is 0.473. The Morgan fingerprint density at radius 1 is 1.42 bits per heavy atom. The summed E-state index contributed by atoms with van der Waals surface area (Å²) in [4.78, 5) is 15.6. The molecule has 1 aliphatic rings. The number of thiophene rings is 1. The van der Waals surface area contributed by atoms with Gasteiger partial charge in [-0.1, -0.05) is 6.07 Å². The second-order valence-electron chi connectivity index (χ2n) is 6.24. The molecule has 0 aromatic carbocycles. The van der Waals surface area contributed by atoms with Gasteiger partial charge in [0.05, 0.1) is 17.9 Å². The molecule has 1 saturated heterocycles. The van der Waals surface area contributed by atoms with Crippen LogP contribution >= 0.6 is 11.3 Å². The summed E-state index contributed by atoms with van der Waals surface area (Å²) in [6.07, 6.45) is 3.49. The highest BCUT2D eigenvalue weighted by molar-refractivity contribution is 7.13. The molecule has 0 unspecified atom stereocenters. The van der Waals surface area contributed by atoms with Crippen LogP contribution < -0.4 is 4.74 Å². The van der Waals surface area contributed by atoms with Crippen molar-refractivity contribution in [3.63, 3.8) is 0 Å². The molecular formula is C17H19N5O3S. The van der Waals surface area contributed by atoms with Gasteiger partial charge in [0, 0.05) is 26.3 Å². The van der Waals surface area contributed by atoms with E-state index in [0.29, 0.717) is 36.3 Å². The Balaban J connectivity index is 1.51. The lowest BCUT2D eigenvalue weighted by molar-refractivity contribution is 0.0695. The molecule has 3 aromatic heterocycles. The zero-order valence-corrected chi connectivity index (χ0v) is 15.4. The second kappa shape index (κ2) is 6.91. The Morgan fingerprint density at radius 2 is 2.31 bits per heavy atom. The second-order valence-corrected chi connectivity index (χ2v) is 7.19. The van der Waals surface area contributed by atoms with E-state index < -0.39 is 0 Å². The molecule has 8 nitrogen and oxygen atoms in total. The van der Waals surface area contributed by atoms with Gasteiger partial charge in [0.15, 0.2) is 0 Å². The molecule has 9 heteroatoms. The molecule has 0 radical (unpaired) electrons. The molecule has 0 saturated carbocycles. The SMILES string of the molecule is COc1nn(C)cc1C(=O)N1CCC[C@@H](c2nnc(-c3cccs3)o2)C1. The van der Waals surface area contributed by atoms with E-state index in [1.54, 1.807) is 29.3 Å². The molecule has 1 atom stereocenters. The van der Waals surface area contributed by atoms with Crippen molar-refractivity contribution in [2.75, 3.05) is 20.2 Å². The van der Waals surface area contributed by atoms with Gasteiger partial charge < -0.3 is 14.1 Å². The number of hydrogen-bond donors (Lipinski definition) is 0. The van der Waals surface area contributed by atoms with Crippen LogP contribution in [-0.4, -0.2) is 51.0 Å². The van der Waals surface area contributed by atoms with Gasteiger partial charge in [-0.3, -0.25) is 9.48 Å². The number of piperidine rings is 1.